The fraction of sp³-hybridized carbons (Fsp3) is 0.500. The number of halogens is 1. The van der Waals surface area contributed by atoms with Crippen LogP contribution >= 0.6 is 11.6 Å². The van der Waals surface area contributed by atoms with Crippen molar-refractivity contribution in [2.75, 3.05) is 17.7 Å². The van der Waals surface area contributed by atoms with Crippen LogP contribution in [0, 0.1) is 12.8 Å². The molecule has 13 heavy (non-hydrogen) atoms. The van der Waals surface area contributed by atoms with Gasteiger partial charge in [-0.05, 0) is 30.5 Å². The Balaban J connectivity index is 2.45. The third kappa shape index (κ3) is 3.64. The highest BCUT2D eigenvalue weighted by Crippen LogP contribution is 2.06. The van der Waals surface area contributed by atoms with E-state index in [0.29, 0.717) is 11.8 Å². The first-order valence-corrected chi connectivity index (χ1v) is 4.98. The minimum Gasteiger partial charge on any atom is -0.370 e. The summed E-state index contributed by atoms with van der Waals surface area (Å²) in [7, 11) is 0. The number of hydrogen-bond acceptors (Lipinski definition) is 2. The number of alkyl halides is 1. The molecule has 1 aromatic rings. The number of aromatic nitrogens is 1. The van der Waals surface area contributed by atoms with E-state index < -0.39 is 0 Å². The molecule has 0 radical (unpaired) electrons. The minimum atomic E-state index is 0.476. The summed E-state index contributed by atoms with van der Waals surface area (Å²) in [6, 6.07) is 4.01. The van der Waals surface area contributed by atoms with Crippen LogP contribution in [0.1, 0.15) is 12.5 Å². The molecule has 0 fully saturated rings. The van der Waals surface area contributed by atoms with Gasteiger partial charge >= 0.3 is 0 Å². The zero-order valence-electron chi connectivity index (χ0n) is 8.05. The van der Waals surface area contributed by atoms with Crippen molar-refractivity contribution in [1.29, 1.82) is 0 Å². The molecule has 0 saturated heterocycles. The number of pyridine rings is 1. The average Bonchev–Trinajstić information content (AvgIpc) is 2.14. The SMILES string of the molecule is Cc1ccnc(NCC(C)CCl)c1. The van der Waals surface area contributed by atoms with Crippen LogP contribution in [-0.2, 0) is 0 Å². The highest BCUT2D eigenvalue weighted by atomic mass is 35.5. The Bertz CT molecular complexity index is 263. The molecule has 2 nitrogen and oxygen atoms in total. The maximum atomic E-state index is 5.69. The molecule has 0 aliphatic heterocycles. The van der Waals surface area contributed by atoms with Crippen molar-refractivity contribution < 1.29 is 0 Å². The molecule has 1 rings (SSSR count). The van der Waals surface area contributed by atoms with E-state index in [1.165, 1.54) is 5.56 Å². The van der Waals surface area contributed by atoms with Crippen molar-refractivity contribution in [2.45, 2.75) is 13.8 Å². The molecule has 0 bridgehead atoms. The normalized spacial score (nSPS) is 12.5. The molecule has 0 aromatic carbocycles. The van der Waals surface area contributed by atoms with E-state index in [4.69, 9.17) is 11.6 Å². The average molecular weight is 199 g/mol. The first-order chi connectivity index (χ1) is 6.22. The summed E-state index contributed by atoms with van der Waals surface area (Å²) in [5.41, 5.74) is 1.22. The lowest BCUT2D eigenvalue weighted by atomic mass is 10.2. The highest BCUT2D eigenvalue weighted by Gasteiger charge is 1.99. The molecule has 1 heterocycles. The molecule has 1 atom stereocenters. The van der Waals surface area contributed by atoms with Crippen molar-refractivity contribution in [3.05, 3.63) is 23.9 Å². The summed E-state index contributed by atoms with van der Waals surface area (Å²) in [5, 5.41) is 3.24. The predicted octanol–water partition coefficient (Wildman–Crippen LogP) is 2.68. The lowest BCUT2D eigenvalue weighted by Crippen LogP contribution is -2.13. The summed E-state index contributed by atoms with van der Waals surface area (Å²) in [6.45, 7) is 5.04. The van der Waals surface area contributed by atoms with Crippen LogP contribution in [0.4, 0.5) is 5.82 Å². The molecular formula is C10H15ClN2. The van der Waals surface area contributed by atoms with Gasteiger partial charge in [-0.15, -0.1) is 11.6 Å². The first kappa shape index (κ1) is 10.3. The van der Waals surface area contributed by atoms with Crippen LogP contribution in [0.15, 0.2) is 18.3 Å². The van der Waals surface area contributed by atoms with E-state index in [1.54, 1.807) is 0 Å². The molecule has 1 aromatic heterocycles. The largest absolute Gasteiger partial charge is 0.370 e. The Morgan fingerprint density at radius 1 is 1.62 bits per heavy atom. The van der Waals surface area contributed by atoms with Crippen LogP contribution in [-0.4, -0.2) is 17.4 Å². The number of nitrogens with zero attached hydrogens (tertiary/aromatic N) is 1. The van der Waals surface area contributed by atoms with Gasteiger partial charge in [0.15, 0.2) is 0 Å². The van der Waals surface area contributed by atoms with Crippen molar-refractivity contribution >= 4 is 17.4 Å². The molecule has 0 spiro atoms. The van der Waals surface area contributed by atoms with E-state index in [1.807, 2.05) is 18.3 Å². The van der Waals surface area contributed by atoms with Crippen molar-refractivity contribution in [3.8, 4) is 0 Å². The van der Waals surface area contributed by atoms with E-state index >= 15 is 0 Å². The molecule has 0 saturated carbocycles. The number of hydrogen-bond donors (Lipinski definition) is 1. The number of nitrogens with one attached hydrogen (secondary N) is 1. The molecule has 0 aliphatic rings. The van der Waals surface area contributed by atoms with Gasteiger partial charge < -0.3 is 5.32 Å². The van der Waals surface area contributed by atoms with E-state index in [-0.39, 0.29) is 0 Å². The first-order valence-electron chi connectivity index (χ1n) is 4.45. The standard InChI is InChI=1S/C10H15ClN2/c1-8-3-4-12-10(5-8)13-7-9(2)6-11/h3-5,9H,6-7H2,1-2H3,(H,12,13). The van der Waals surface area contributed by atoms with Crippen LogP contribution < -0.4 is 5.32 Å². The summed E-state index contributed by atoms with van der Waals surface area (Å²) >= 11 is 5.69. The van der Waals surface area contributed by atoms with Crippen LogP contribution in [0.5, 0.6) is 0 Å². The molecule has 3 heteroatoms. The number of aryl methyl sites for hydroxylation is 1. The fourth-order valence-corrected chi connectivity index (χ4v) is 1.08. The Morgan fingerprint density at radius 3 is 3.00 bits per heavy atom. The molecule has 0 aliphatic carbocycles. The highest BCUT2D eigenvalue weighted by molar-refractivity contribution is 6.18. The van der Waals surface area contributed by atoms with E-state index in [0.717, 1.165) is 12.4 Å². The third-order valence-electron chi connectivity index (χ3n) is 1.81. The minimum absolute atomic E-state index is 0.476. The quantitative estimate of drug-likeness (QED) is 0.753. The molecular weight excluding hydrogens is 184 g/mol. The van der Waals surface area contributed by atoms with Crippen LogP contribution in [0.2, 0.25) is 0 Å². The summed E-state index contributed by atoms with van der Waals surface area (Å²) in [6.07, 6.45) is 1.81. The maximum absolute atomic E-state index is 5.69. The number of rotatable bonds is 4. The maximum Gasteiger partial charge on any atom is 0.126 e. The topological polar surface area (TPSA) is 24.9 Å². The zero-order valence-corrected chi connectivity index (χ0v) is 8.80. The fourth-order valence-electron chi connectivity index (χ4n) is 0.966. The van der Waals surface area contributed by atoms with Crippen LogP contribution in [0.25, 0.3) is 0 Å². The predicted molar refractivity (Wildman–Crippen MR) is 57.3 cm³/mol. The van der Waals surface area contributed by atoms with Gasteiger partial charge in [-0.25, -0.2) is 4.98 Å². The molecule has 0 amide bonds. The van der Waals surface area contributed by atoms with Crippen molar-refractivity contribution in [1.82, 2.24) is 4.98 Å². The van der Waals surface area contributed by atoms with Gasteiger partial charge in [0, 0.05) is 18.6 Å². The monoisotopic (exact) mass is 198 g/mol. The second kappa shape index (κ2) is 5.07. The van der Waals surface area contributed by atoms with Crippen LogP contribution in [0.3, 0.4) is 0 Å². The van der Waals surface area contributed by atoms with Gasteiger partial charge in [0.1, 0.15) is 5.82 Å². The van der Waals surface area contributed by atoms with E-state index in [2.05, 4.69) is 24.1 Å². The van der Waals surface area contributed by atoms with Gasteiger partial charge in [0.25, 0.3) is 0 Å². The molecule has 1 unspecified atom stereocenters. The van der Waals surface area contributed by atoms with Gasteiger partial charge in [-0.1, -0.05) is 6.92 Å². The van der Waals surface area contributed by atoms with E-state index in [9.17, 15) is 0 Å². The Hall–Kier alpha value is -0.760. The second-order valence-electron chi connectivity index (χ2n) is 3.36. The van der Waals surface area contributed by atoms with Gasteiger partial charge in [-0.2, -0.15) is 0 Å². The zero-order chi connectivity index (χ0) is 9.68. The lowest BCUT2D eigenvalue weighted by molar-refractivity contribution is 0.694. The molecule has 72 valence electrons. The van der Waals surface area contributed by atoms with Gasteiger partial charge in [0.05, 0.1) is 0 Å². The summed E-state index contributed by atoms with van der Waals surface area (Å²) in [5.74, 6) is 2.08. The Morgan fingerprint density at radius 2 is 2.38 bits per heavy atom. The smallest absolute Gasteiger partial charge is 0.126 e. The third-order valence-corrected chi connectivity index (χ3v) is 2.34. The van der Waals surface area contributed by atoms with Gasteiger partial charge in [0.2, 0.25) is 0 Å². The van der Waals surface area contributed by atoms with Crippen molar-refractivity contribution in [2.24, 2.45) is 5.92 Å². The molecule has 1 N–H and O–H groups in total. The Kier molecular flexibility index (Phi) is 4.03. The number of anilines is 1. The van der Waals surface area contributed by atoms with Crippen molar-refractivity contribution in [3.63, 3.8) is 0 Å². The lowest BCUT2D eigenvalue weighted by Gasteiger charge is -2.09. The summed E-state index contributed by atoms with van der Waals surface area (Å²) < 4.78 is 0. The summed E-state index contributed by atoms with van der Waals surface area (Å²) in [4.78, 5) is 4.19. The Labute approximate surface area is 84.3 Å². The van der Waals surface area contributed by atoms with Gasteiger partial charge in [-0.3, -0.25) is 0 Å². The second-order valence-corrected chi connectivity index (χ2v) is 3.67.